The SMILES string of the molecule is O=c1cc2c(C(F)(F)F)cccc2c(O)n1-c1ccc2ccc(Cl)nc2n1. The second-order valence-electron chi connectivity index (χ2n) is 5.76. The molecule has 0 spiro atoms. The van der Waals surface area contributed by atoms with Gasteiger partial charge >= 0.3 is 6.18 Å². The van der Waals surface area contributed by atoms with Crippen molar-refractivity contribution >= 4 is 33.4 Å². The Kier molecular flexibility index (Phi) is 3.81. The van der Waals surface area contributed by atoms with Crippen LogP contribution in [0.4, 0.5) is 13.2 Å². The van der Waals surface area contributed by atoms with Crippen molar-refractivity contribution in [2.45, 2.75) is 6.18 Å². The maximum atomic E-state index is 13.2. The average Bonchev–Trinajstić information content (AvgIpc) is 2.60. The van der Waals surface area contributed by atoms with Crippen LogP contribution in [0.15, 0.2) is 53.3 Å². The number of benzene rings is 1. The molecule has 4 rings (SSSR count). The van der Waals surface area contributed by atoms with Gasteiger partial charge in [0.05, 0.1) is 5.56 Å². The Hall–Kier alpha value is -3.13. The van der Waals surface area contributed by atoms with Gasteiger partial charge in [-0.2, -0.15) is 13.2 Å². The molecule has 0 amide bonds. The molecule has 0 fully saturated rings. The second kappa shape index (κ2) is 5.95. The summed E-state index contributed by atoms with van der Waals surface area (Å²) in [6.45, 7) is 0. The first-order valence-corrected chi connectivity index (χ1v) is 8.02. The van der Waals surface area contributed by atoms with Crippen molar-refractivity contribution in [1.82, 2.24) is 14.5 Å². The van der Waals surface area contributed by atoms with Gasteiger partial charge in [0.2, 0.25) is 5.88 Å². The number of rotatable bonds is 1. The van der Waals surface area contributed by atoms with Crippen LogP contribution in [0.1, 0.15) is 5.56 Å². The molecule has 0 radical (unpaired) electrons. The maximum Gasteiger partial charge on any atom is 0.417 e. The molecule has 0 aliphatic heterocycles. The number of pyridine rings is 3. The molecule has 3 heterocycles. The molecular formula is C18H9ClF3N3O2. The van der Waals surface area contributed by atoms with Gasteiger partial charge in [-0.3, -0.25) is 4.79 Å². The highest BCUT2D eigenvalue weighted by molar-refractivity contribution is 6.29. The summed E-state index contributed by atoms with van der Waals surface area (Å²) in [5.41, 5.74) is -1.62. The number of alkyl halides is 3. The monoisotopic (exact) mass is 391 g/mol. The molecular weight excluding hydrogens is 383 g/mol. The summed E-state index contributed by atoms with van der Waals surface area (Å²) in [5.74, 6) is -0.628. The normalized spacial score (nSPS) is 12.0. The molecule has 0 aliphatic carbocycles. The summed E-state index contributed by atoms with van der Waals surface area (Å²) in [7, 11) is 0. The van der Waals surface area contributed by atoms with Gasteiger partial charge < -0.3 is 5.11 Å². The molecule has 0 saturated heterocycles. The summed E-state index contributed by atoms with van der Waals surface area (Å²) in [5, 5.41) is 10.8. The number of hydrogen-bond donors (Lipinski definition) is 1. The fourth-order valence-corrected chi connectivity index (χ4v) is 3.03. The lowest BCUT2D eigenvalue weighted by Gasteiger charge is -2.14. The summed E-state index contributed by atoms with van der Waals surface area (Å²) in [6, 6.07) is 10.5. The number of nitrogens with zero attached hydrogens (tertiary/aromatic N) is 3. The van der Waals surface area contributed by atoms with E-state index in [1.54, 1.807) is 18.2 Å². The average molecular weight is 392 g/mol. The Morgan fingerprint density at radius 2 is 1.74 bits per heavy atom. The molecule has 0 aliphatic rings. The molecule has 0 unspecified atom stereocenters. The largest absolute Gasteiger partial charge is 0.494 e. The summed E-state index contributed by atoms with van der Waals surface area (Å²) >= 11 is 5.84. The summed E-state index contributed by atoms with van der Waals surface area (Å²) < 4.78 is 40.4. The zero-order chi connectivity index (χ0) is 19.3. The smallest absolute Gasteiger partial charge is 0.417 e. The van der Waals surface area contributed by atoms with Crippen molar-refractivity contribution in [2.24, 2.45) is 0 Å². The Morgan fingerprint density at radius 3 is 2.48 bits per heavy atom. The zero-order valence-corrected chi connectivity index (χ0v) is 14.1. The van der Waals surface area contributed by atoms with E-state index in [0.717, 1.165) is 22.8 Å². The summed E-state index contributed by atoms with van der Waals surface area (Å²) in [4.78, 5) is 20.7. The van der Waals surface area contributed by atoms with Crippen LogP contribution in [-0.2, 0) is 6.18 Å². The first kappa shape index (κ1) is 17.3. The fourth-order valence-electron chi connectivity index (χ4n) is 2.89. The Balaban J connectivity index is 2.02. The van der Waals surface area contributed by atoms with Crippen LogP contribution >= 0.6 is 11.6 Å². The molecule has 4 aromatic rings. The topological polar surface area (TPSA) is 68.0 Å². The quantitative estimate of drug-likeness (QED) is 0.491. The molecule has 1 aromatic carbocycles. The predicted octanol–water partition coefficient (Wildman–Crippen LogP) is 4.31. The number of aromatic hydroxyl groups is 1. The molecule has 0 bridgehead atoms. The maximum absolute atomic E-state index is 13.2. The molecule has 3 aromatic heterocycles. The van der Waals surface area contributed by atoms with Crippen LogP contribution in [-0.4, -0.2) is 19.6 Å². The third-order valence-corrected chi connectivity index (χ3v) is 4.30. The van der Waals surface area contributed by atoms with Crippen molar-refractivity contribution in [2.75, 3.05) is 0 Å². The Labute approximate surface area is 154 Å². The van der Waals surface area contributed by atoms with Gasteiger partial charge in [-0.1, -0.05) is 17.7 Å². The lowest BCUT2D eigenvalue weighted by atomic mass is 10.1. The van der Waals surface area contributed by atoms with Gasteiger partial charge in [0, 0.05) is 22.2 Å². The van der Waals surface area contributed by atoms with Crippen LogP contribution < -0.4 is 5.56 Å². The fraction of sp³-hybridized carbons (Fsp3) is 0.0556. The van der Waals surface area contributed by atoms with E-state index >= 15 is 0 Å². The van der Waals surface area contributed by atoms with Crippen molar-refractivity contribution in [3.63, 3.8) is 0 Å². The number of aromatic nitrogens is 3. The van der Waals surface area contributed by atoms with Crippen molar-refractivity contribution in [3.05, 3.63) is 69.6 Å². The highest BCUT2D eigenvalue weighted by Gasteiger charge is 2.33. The molecule has 27 heavy (non-hydrogen) atoms. The molecule has 9 heteroatoms. The first-order valence-electron chi connectivity index (χ1n) is 7.64. The van der Waals surface area contributed by atoms with E-state index in [9.17, 15) is 23.1 Å². The molecule has 0 atom stereocenters. The number of halogens is 4. The standard InChI is InChI=1S/C18H9ClF3N3O2/c19-13-6-4-9-5-7-14(24-16(9)23-13)25-15(26)8-11-10(17(25)27)2-1-3-12(11)18(20,21)22/h1-8,27H. The van der Waals surface area contributed by atoms with Crippen molar-refractivity contribution in [1.29, 1.82) is 0 Å². The van der Waals surface area contributed by atoms with Crippen LogP contribution in [0.5, 0.6) is 5.88 Å². The molecule has 1 N–H and O–H groups in total. The number of hydrogen-bond acceptors (Lipinski definition) is 4. The van der Waals surface area contributed by atoms with E-state index in [1.165, 1.54) is 12.1 Å². The van der Waals surface area contributed by atoms with Gasteiger partial charge in [-0.25, -0.2) is 14.5 Å². The minimum atomic E-state index is -4.66. The van der Waals surface area contributed by atoms with Crippen molar-refractivity contribution < 1.29 is 18.3 Å². The van der Waals surface area contributed by atoms with Crippen LogP contribution in [0.25, 0.3) is 27.6 Å². The van der Waals surface area contributed by atoms with E-state index in [1.807, 2.05) is 0 Å². The number of fused-ring (bicyclic) bond motifs is 2. The van der Waals surface area contributed by atoms with E-state index in [-0.39, 0.29) is 27.4 Å². The molecule has 0 saturated carbocycles. The zero-order valence-electron chi connectivity index (χ0n) is 13.3. The van der Waals surface area contributed by atoms with Crippen LogP contribution in [0, 0.1) is 0 Å². The second-order valence-corrected chi connectivity index (χ2v) is 6.14. The first-order chi connectivity index (χ1) is 12.8. The van der Waals surface area contributed by atoms with Gasteiger partial charge in [0.25, 0.3) is 5.56 Å². The van der Waals surface area contributed by atoms with E-state index in [0.29, 0.717) is 5.39 Å². The highest BCUT2D eigenvalue weighted by Crippen LogP contribution is 2.36. The van der Waals surface area contributed by atoms with Gasteiger partial charge in [-0.15, -0.1) is 0 Å². The van der Waals surface area contributed by atoms with Crippen LogP contribution in [0.3, 0.4) is 0 Å². The molecule has 5 nitrogen and oxygen atoms in total. The Morgan fingerprint density at radius 1 is 1.00 bits per heavy atom. The summed E-state index contributed by atoms with van der Waals surface area (Å²) in [6.07, 6.45) is -4.66. The minimum Gasteiger partial charge on any atom is -0.494 e. The van der Waals surface area contributed by atoms with Gasteiger partial charge in [0.1, 0.15) is 11.0 Å². The Bertz CT molecular complexity index is 1270. The van der Waals surface area contributed by atoms with E-state index in [2.05, 4.69) is 9.97 Å². The van der Waals surface area contributed by atoms with Gasteiger partial charge in [-0.05, 0) is 36.4 Å². The van der Waals surface area contributed by atoms with Gasteiger partial charge in [0.15, 0.2) is 5.65 Å². The van der Waals surface area contributed by atoms with Crippen molar-refractivity contribution in [3.8, 4) is 11.7 Å². The van der Waals surface area contributed by atoms with E-state index in [4.69, 9.17) is 11.6 Å². The van der Waals surface area contributed by atoms with Crippen LogP contribution in [0.2, 0.25) is 5.15 Å². The molecule has 136 valence electrons. The van der Waals surface area contributed by atoms with E-state index < -0.39 is 23.2 Å². The third-order valence-electron chi connectivity index (χ3n) is 4.09. The highest BCUT2D eigenvalue weighted by atomic mass is 35.5. The predicted molar refractivity (Wildman–Crippen MR) is 94.3 cm³/mol. The lowest BCUT2D eigenvalue weighted by Crippen LogP contribution is -2.19. The third kappa shape index (κ3) is 2.87. The minimum absolute atomic E-state index is 0.0130. The lowest BCUT2D eigenvalue weighted by molar-refractivity contribution is -0.136.